The molecule has 1 amide bonds. The number of carbonyl (C=O) groups is 1. The van der Waals surface area contributed by atoms with E-state index < -0.39 is 0 Å². The lowest BCUT2D eigenvalue weighted by molar-refractivity contribution is -0.121. The lowest BCUT2D eigenvalue weighted by Crippen LogP contribution is -2.28. The maximum absolute atomic E-state index is 11.8. The van der Waals surface area contributed by atoms with Crippen molar-refractivity contribution >= 4 is 5.91 Å². The zero-order chi connectivity index (χ0) is 17.2. The van der Waals surface area contributed by atoms with Gasteiger partial charge >= 0.3 is 0 Å². The van der Waals surface area contributed by atoms with Crippen LogP contribution in [-0.4, -0.2) is 30.3 Å². The molecule has 2 atom stereocenters. The van der Waals surface area contributed by atoms with Crippen LogP contribution in [0.25, 0.3) is 0 Å². The van der Waals surface area contributed by atoms with Crippen LogP contribution >= 0.6 is 0 Å². The highest BCUT2D eigenvalue weighted by atomic mass is 16.5. The van der Waals surface area contributed by atoms with Crippen molar-refractivity contribution in [1.82, 2.24) is 5.32 Å². The third kappa shape index (κ3) is 6.52. The number of aliphatic hydroxyl groups is 1. The number of amides is 1. The minimum absolute atomic E-state index is 0.0903. The van der Waals surface area contributed by atoms with Crippen LogP contribution in [0.3, 0.4) is 0 Å². The fourth-order valence-corrected chi connectivity index (χ4v) is 3.34. The summed E-state index contributed by atoms with van der Waals surface area (Å²) in [4.78, 5) is 11.8. The summed E-state index contributed by atoms with van der Waals surface area (Å²) >= 11 is 0. The largest absolute Gasteiger partial charge is 0.493 e. The normalized spacial score (nSPS) is 20.6. The Morgan fingerprint density at radius 1 is 1.25 bits per heavy atom. The number of hydrogen-bond donors (Lipinski definition) is 2. The Hall–Kier alpha value is -1.55. The molecule has 0 bridgehead atoms. The van der Waals surface area contributed by atoms with E-state index in [9.17, 15) is 9.90 Å². The van der Waals surface area contributed by atoms with Crippen molar-refractivity contribution in [2.45, 2.75) is 64.4 Å². The van der Waals surface area contributed by atoms with Crippen LogP contribution in [0.15, 0.2) is 24.3 Å². The second-order valence-corrected chi connectivity index (χ2v) is 6.82. The van der Waals surface area contributed by atoms with Gasteiger partial charge in [-0.3, -0.25) is 4.79 Å². The van der Waals surface area contributed by atoms with Crippen molar-refractivity contribution in [3.63, 3.8) is 0 Å². The number of rotatable bonds is 9. The fraction of sp³-hybridized carbons (Fsp3) is 0.650. The molecule has 2 rings (SSSR count). The Bertz CT molecular complexity index is 503. The number of carbonyl (C=O) groups excluding carboxylic acids is 1. The van der Waals surface area contributed by atoms with Crippen LogP contribution < -0.4 is 10.1 Å². The number of benzene rings is 1. The van der Waals surface area contributed by atoms with Crippen molar-refractivity contribution in [2.75, 3.05) is 13.2 Å². The van der Waals surface area contributed by atoms with Gasteiger partial charge in [-0.25, -0.2) is 0 Å². The van der Waals surface area contributed by atoms with E-state index in [0.717, 1.165) is 49.8 Å². The van der Waals surface area contributed by atoms with Gasteiger partial charge in [-0.15, -0.1) is 0 Å². The van der Waals surface area contributed by atoms with Crippen molar-refractivity contribution in [1.29, 1.82) is 0 Å². The lowest BCUT2D eigenvalue weighted by atomic mass is 9.83. The van der Waals surface area contributed by atoms with Gasteiger partial charge < -0.3 is 15.2 Å². The molecular weight excluding hydrogens is 302 g/mol. The highest BCUT2D eigenvalue weighted by Crippen LogP contribution is 2.27. The summed E-state index contributed by atoms with van der Waals surface area (Å²) in [6.07, 6.45) is 7.51. The summed E-state index contributed by atoms with van der Waals surface area (Å²) in [5.41, 5.74) is 1.12. The van der Waals surface area contributed by atoms with Gasteiger partial charge in [0.1, 0.15) is 5.75 Å². The standard InChI is InChI=1S/C20H31NO3/c1-16-8-2-5-12-19(16)24-15-7-13-20(23)21-14-6-10-17-9-3-4-11-18(17)22/h2,5,8,12,17-18,22H,3-4,6-7,9-11,13-15H2,1H3,(H,21,23). The molecule has 1 aromatic carbocycles. The van der Waals surface area contributed by atoms with E-state index in [2.05, 4.69) is 5.32 Å². The zero-order valence-corrected chi connectivity index (χ0v) is 14.8. The number of hydrogen-bond acceptors (Lipinski definition) is 3. The van der Waals surface area contributed by atoms with Crippen LogP contribution in [0.2, 0.25) is 0 Å². The predicted octanol–water partition coefficient (Wildman–Crippen LogP) is 3.60. The maximum Gasteiger partial charge on any atom is 0.220 e. The third-order valence-corrected chi connectivity index (χ3v) is 4.84. The van der Waals surface area contributed by atoms with E-state index in [0.29, 0.717) is 25.5 Å². The number of nitrogens with one attached hydrogen (secondary N) is 1. The first-order chi connectivity index (χ1) is 11.7. The van der Waals surface area contributed by atoms with Crippen molar-refractivity contribution in [3.8, 4) is 5.75 Å². The topological polar surface area (TPSA) is 58.6 Å². The average molecular weight is 333 g/mol. The molecule has 0 aromatic heterocycles. The first kappa shape index (κ1) is 18.8. The Labute approximate surface area is 145 Å². The number of aryl methyl sites for hydroxylation is 1. The molecule has 1 aliphatic carbocycles. The maximum atomic E-state index is 11.8. The van der Waals surface area contributed by atoms with Crippen LogP contribution in [0.1, 0.15) is 56.9 Å². The number of ether oxygens (including phenoxy) is 1. The molecule has 0 radical (unpaired) electrons. The van der Waals surface area contributed by atoms with Gasteiger partial charge in [-0.1, -0.05) is 31.0 Å². The molecule has 1 saturated carbocycles. The molecular formula is C20H31NO3. The van der Waals surface area contributed by atoms with E-state index in [1.54, 1.807) is 0 Å². The SMILES string of the molecule is Cc1ccccc1OCCCC(=O)NCCCC1CCCCC1O. The average Bonchev–Trinajstić information content (AvgIpc) is 2.58. The second-order valence-electron chi connectivity index (χ2n) is 6.82. The Kier molecular flexibility index (Phi) is 8.10. The summed E-state index contributed by atoms with van der Waals surface area (Å²) in [5.74, 6) is 1.41. The molecule has 24 heavy (non-hydrogen) atoms. The van der Waals surface area contributed by atoms with Crippen molar-refractivity contribution in [2.24, 2.45) is 5.92 Å². The van der Waals surface area contributed by atoms with Gasteiger partial charge in [-0.05, 0) is 56.6 Å². The second kappa shape index (κ2) is 10.3. The smallest absolute Gasteiger partial charge is 0.220 e. The molecule has 4 heteroatoms. The summed E-state index contributed by atoms with van der Waals surface area (Å²) in [7, 11) is 0. The number of para-hydroxylation sites is 1. The summed E-state index contributed by atoms with van der Waals surface area (Å²) in [6.45, 7) is 3.29. The van der Waals surface area contributed by atoms with E-state index in [1.807, 2.05) is 31.2 Å². The van der Waals surface area contributed by atoms with Crippen LogP contribution in [0.4, 0.5) is 0 Å². The molecule has 2 unspecified atom stereocenters. The minimum atomic E-state index is -0.131. The summed E-state index contributed by atoms with van der Waals surface area (Å²) in [6, 6.07) is 7.92. The van der Waals surface area contributed by atoms with Crippen LogP contribution in [0.5, 0.6) is 5.75 Å². The monoisotopic (exact) mass is 333 g/mol. The fourth-order valence-electron chi connectivity index (χ4n) is 3.34. The predicted molar refractivity (Wildman–Crippen MR) is 96.1 cm³/mol. The van der Waals surface area contributed by atoms with Gasteiger partial charge in [0.2, 0.25) is 5.91 Å². The first-order valence-corrected chi connectivity index (χ1v) is 9.30. The molecule has 0 saturated heterocycles. The van der Waals surface area contributed by atoms with Gasteiger partial charge in [0.25, 0.3) is 0 Å². The summed E-state index contributed by atoms with van der Waals surface area (Å²) in [5, 5.41) is 12.9. The number of aliphatic hydroxyl groups excluding tert-OH is 1. The van der Waals surface area contributed by atoms with E-state index in [1.165, 1.54) is 6.42 Å². The molecule has 1 aromatic rings. The lowest BCUT2D eigenvalue weighted by Gasteiger charge is -2.27. The van der Waals surface area contributed by atoms with Crippen LogP contribution in [0, 0.1) is 12.8 Å². The first-order valence-electron chi connectivity index (χ1n) is 9.30. The van der Waals surface area contributed by atoms with E-state index >= 15 is 0 Å². The Balaban J connectivity index is 1.50. The molecule has 134 valence electrons. The Morgan fingerprint density at radius 2 is 2.04 bits per heavy atom. The highest BCUT2D eigenvalue weighted by molar-refractivity contribution is 5.75. The molecule has 4 nitrogen and oxygen atoms in total. The van der Waals surface area contributed by atoms with Gasteiger partial charge in [0.15, 0.2) is 0 Å². The van der Waals surface area contributed by atoms with Crippen molar-refractivity contribution < 1.29 is 14.6 Å². The van der Waals surface area contributed by atoms with E-state index in [4.69, 9.17) is 4.74 Å². The zero-order valence-electron chi connectivity index (χ0n) is 14.8. The third-order valence-electron chi connectivity index (χ3n) is 4.84. The van der Waals surface area contributed by atoms with Crippen LogP contribution in [-0.2, 0) is 4.79 Å². The van der Waals surface area contributed by atoms with Crippen molar-refractivity contribution in [3.05, 3.63) is 29.8 Å². The molecule has 1 aliphatic rings. The molecule has 1 fully saturated rings. The molecule has 2 N–H and O–H groups in total. The van der Waals surface area contributed by atoms with E-state index in [-0.39, 0.29) is 12.0 Å². The highest BCUT2D eigenvalue weighted by Gasteiger charge is 2.22. The Morgan fingerprint density at radius 3 is 2.83 bits per heavy atom. The van der Waals surface area contributed by atoms with Gasteiger partial charge in [-0.2, -0.15) is 0 Å². The van der Waals surface area contributed by atoms with Gasteiger partial charge in [0, 0.05) is 13.0 Å². The van der Waals surface area contributed by atoms with Gasteiger partial charge in [0.05, 0.1) is 12.7 Å². The quantitative estimate of drug-likeness (QED) is 0.679. The molecule has 0 aliphatic heterocycles. The molecule has 0 spiro atoms. The summed E-state index contributed by atoms with van der Waals surface area (Å²) < 4.78 is 5.70. The minimum Gasteiger partial charge on any atom is -0.493 e. The molecule has 0 heterocycles.